The highest BCUT2D eigenvalue weighted by molar-refractivity contribution is 5.68. The molecule has 1 aromatic rings. The number of anilines is 1. The fourth-order valence-electron chi connectivity index (χ4n) is 3.69. The number of alkyl halides is 1. The predicted octanol–water partition coefficient (Wildman–Crippen LogP) is 4.13. The van der Waals surface area contributed by atoms with Gasteiger partial charge in [-0.05, 0) is 64.5 Å². The maximum Gasteiger partial charge on any atom is 0.410 e. The minimum atomic E-state index is -1.16. The lowest BCUT2D eigenvalue weighted by Crippen LogP contribution is -2.36. The van der Waals surface area contributed by atoms with E-state index < -0.39 is 24.0 Å². The maximum atomic E-state index is 14.2. The van der Waals surface area contributed by atoms with Crippen LogP contribution in [-0.2, 0) is 22.3 Å². The Morgan fingerprint density at radius 2 is 2.10 bits per heavy atom. The van der Waals surface area contributed by atoms with Crippen molar-refractivity contribution in [2.45, 2.75) is 77.2 Å². The van der Waals surface area contributed by atoms with Crippen molar-refractivity contribution in [1.82, 2.24) is 9.88 Å². The zero-order valence-electron chi connectivity index (χ0n) is 17.9. The molecule has 162 valence electrons. The van der Waals surface area contributed by atoms with Gasteiger partial charge in [-0.15, -0.1) is 0 Å². The number of pyridine rings is 1. The van der Waals surface area contributed by atoms with Gasteiger partial charge in [0.15, 0.2) is 0 Å². The van der Waals surface area contributed by atoms with Gasteiger partial charge in [0, 0.05) is 18.8 Å². The smallest absolute Gasteiger partial charge is 0.410 e. The van der Waals surface area contributed by atoms with E-state index in [1.54, 1.807) is 20.8 Å². The molecule has 0 radical (unpaired) electrons. The van der Waals surface area contributed by atoms with E-state index in [1.807, 2.05) is 0 Å². The summed E-state index contributed by atoms with van der Waals surface area (Å²) in [4.78, 5) is 18.2. The molecule has 7 heteroatoms. The number of carbonyl (C=O) groups excluding carboxylic acids is 1. The average molecular weight is 408 g/mol. The molecule has 2 atom stereocenters. The largest absolute Gasteiger partial charge is 0.444 e. The van der Waals surface area contributed by atoms with E-state index >= 15 is 0 Å². The van der Waals surface area contributed by atoms with Crippen LogP contribution in [0, 0.1) is 0 Å². The lowest BCUT2D eigenvalue weighted by Gasteiger charge is -2.24. The molecule has 3 rings (SSSR count). The highest BCUT2D eigenvalue weighted by Crippen LogP contribution is 2.22. The Bertz CT molecular complexity index is 692. The van der Waals surface area contributed by atoms with Crippen molar-refractivity contribution in [3.05, 3.63) is 23.4 Å². The van der Waals surface area contributed by atoms with Crippen LogP contribution >= 0.6 is 0 Å². The zero-order chi connectivity index (χ0) is 20.9. The van der Waals surface area contributed by atoms with Gasteiger partial charge in [-0.1, -0.05) is 12.5 Å². The first kappa shape index (κ1) is 21.8. The second-order valence-corrected chi connectivity index (χ2v) is 8.96. The monoisotopic (exact) mass is 407 g/mol. The number of likely N-dealkylation sites (tertiary alicyclic amines) is 1. The Morgan fingerprint density at radius 1 is 1.28 bits per heavy atom. The quantitative estimate of drug-likeness (QED) is 0.689. The number of hydrogen-bond acceptors (Lipinski definition) is 5. The predicted molar refractivity (Wildman–Crippen MR) is 111 cm³/mol. The number of nitrogens with one attached hydrogen (secondary N) is 1. The number of halogens is 1. The summed E-state index contributed by atoms with van der Waals surface area (Å²) in [5.41, 5.74) is 1.85. The maximum absolute atomic E-state index is 14.2. The van der Waals surface area contributed by atoms with Crippen LogP contribution in [-0.4, -0.2) is 60.1 Å². The van der Waals surface area contributed by atoms with E-state index in [1.165, 1.54) is 16.9 Å². The number of hydrogen-bond donors (Lipinski definition) is 1. The normalized spacial score (nSPS) is 21.6. The van der Waals surface area contributed by atoms with Crippen molar-refractivity contribution in [2.75, 3.05) is 31.6 Å². The van der Waals surface area contributed by atoms with Crippen molar-refractivity contribution in [1.29, 1.82) is 0 Å². The van der Waals surface area contributed by atoms with Crippen molar-refractivity contribution in [2.24, 2.45) is 0 Å². The fourth-order valence-corrected chi connectivity index (χ4v) is 3.69. The molecular weight excluding hydrogens is 373 g/mol. The summed E-state index contributed by atoms with van der Waals surface area (Å²) in [6, 6.07) is 4.31. The Labute approximate surface area is 173 Å². The molecule has 1 saturated heterocycles. The molecular formula is C22H34FN3O3. The van der Waals surface area contributed by atoms with Crippen LogP contribution in [0.15, 0.2) is 12.1 Å². The number of rotatable bonds is 7. The first-order valence-corrected chi connectivity index (χ1v) is 10.8. The van der Waals surface area contributed by atoms with Gasteiger partial charge >= 0.3 is 6.09 Å². The summed E-state index contributed by atoms with van der Waals surface area (Å²) in [6.07, 6.45) is 3.94. The second kappa shape index (κ2) is 9.74. The highest BCUT2D eigenvalue weighted by atomic mass is 19.1. The molecule has 0 saturated carbocycles. The van der Waals surface area contributed by atoms with Crippen LogP contribution in [0.5, 0.6) is 0 Å². The molecule has 2 aliphatic rings. The van der Waals surface area contributed by atoms with Crippen LogP contribution in [0.4, 0.5) is 15.0 Å². The summed E-state index contributed by atoms with van der Waals surface area (Å²) >= 11 is 0. The average Bonchev–Trinajstić information content (AvgIpc) is 3.04. The molecule has 6 nitrogen and oxygen atoms in total. The van der Waals surface area contributed by atoms with Gasteiger partial charge in [0.2, 0.25) is 0 Å². The second-order valence-electron chi connectivity index (χ2n) is 8.96. The van der Waals surface area contributed by atoms with Gasteiger partial charge in [0.05, 0.1) is 13.1 Å². The van der Waals surface area contributed by atoms with Gasteiger partial charge in [0.1, 0.15) is 23.7 Å². The Kier molecular flexibility index (Phi) is 7.33. The molecule has 0 aromatic carbocycles. The van der Waals surface area contributed by atoms with Crippen LogP contribution in [0.2, 0.25) is 0 Å². The molecule has 1 aromatic heterocycles. The molecule has 1 N–H and O–H groups in total. The number of nitrogens with zero attached hydrogens (tertiary/aromatic N) is 2. The third kappa shape index (κ3) is 6.56. The van der Waals surface area contributed by atoms with Crippen LogP contribution in [0.3, 0.4) is 0 Å². The zero-order valence-corrected chi connectivity index (χ0v) is 17.9. The Balaban J connectivity index is 1.31. The van der Waals surface area contributed by atoms with Crippen molar-refractivity contribution < 1.29 is 18.7 Å². The molecule has 1 amide bonds. The Morgan fingerprint density at radius 3 is 2.90 bits per heavy atom. The highest BCUT2D eigenvalue weighted by Gasteiger charge is 2.37. The molecule has 2 aliphatic heterocycles. The van der Waals surface area contributed by atoms with E-state index in [4.69, 9.17) is 14.5 Å². The van der Waals surface area contributed by atoms with Crippen molar-refractivity contribution >= 4 is 11.9 Å². The van der Waals surface area contributed by atoms with E-state index in [-0.39, 0.29) is 13.1 Å². The SMILES string of the molecule is CC(C)(C)OC(=O)N1C[C@@H](F)[C@@H](OCCCCCc2ccc3c(n2)NCCC3)C1. The Hall–Kier alpha value is -1.89. The molecule has 0 aliphatic carbocycles. The van der Waals surface area contributed by atoms with Crippen LogP contribution in [0.25, 0.3) is 0 Å². The molecule has 3 heterocycles. The van der Waals surface area contributed by atoms with E-state index in [0.717, 1.165) is 50.2 Å². The summed E-state index contributed by atoms with van der Waals surface area (Å²) in [7, 11) is 0. The molecule has 0 unspecified atom stereocenters. The van der Waals surface area contributed by atoms with Crippen LogP contribution in [0.1, 0.15) is 57.7 Å². The number of ether oxygens (including phenoxy) is 2. The molecule has 1 fully saturated rings. The molecule has 29 heavy (non-hydrogen) atoms. The minimum absolute atomic E-state index is 0.0393. The van der Waals surface area contributed by atoms with Crippen molar-refractivity contribution in [3.8, 4) is 0 Å². The number of carbonyl (C=O) groups is 1. The lowest BCUT2D eigenvalue weighted by atomic mass is 10.1. The van der Waals surface area contributed by atoms with Gasteiger partial charge < -0.3 is 19.7 Å². The van der Waals surface area contributed by atoms with Gasteiger partial charge in [-0.2, -0.15) is 0 Å². The van der Waals surface area contributed by atoms with Crippen LogP contribution < -0.4 is 5.32 Å². The summed E-state index contributed by atoms with van der Waals surface area (Å²) in [5, 5.41) is 3.37. The van der Waals surface area contributed by atoms with E-state index in [0.29, 0.717) is 6.61 Å². The number of aromatic nitrogens is 1. The van der Waals surface area contributed by atoms with Gasteiger partial charge in [-0.25, -0.2) is 14.2 Å². The third-order valence-electron chi connectivity index (χ3n) is 5.21. The van der Waals surface area contributed by atoms with E-state index in [9.17, 15) is 9.18 Å². The minimum Gasteiger partial charge on any atom is -0.444 e. The lowest BCUT2D eigenvalue weighted by molar-refractivity contribution is 0.0133. The topological polar surface area (TPSA) is 63.7 Å². The summed E-state index contributed by atoms with van der Waals surface area (Å²) in [5.74, 6) is 1.04. The number of fused-ring (bicyclic) bond motifs is 1. The van der Waals surface area contributed by atoms with Gasteiger partial charge in [0.25, 0.3) is 0 Å². The molecule has 0 spiro atoms. The summed E-state index contributed by atoms with van der Waals surface area (Å²) < 4.78 is 25.2. The van der Waals surface area contributed by atoms with Gasteiger partial charge in [-0.3, -0.25) is 0 Å². The van der Waals surface area contributed by atoms with E-state index in [2.05, 4.69) is 17.4 Å². The standard InChI is InChI=1S/C22H34FN3O3/c1-22(2,3)29-21(27)26-14-18(23)19(15-26)28-13-6-4-5-9-17-11-10-16-8-7-12-24-20(16)25-17/h10-11,18-19H,4-9,12-15H2,1-3H3,(H,24,25)/t18-,19+/m1/s1. The number of unbranched alkanes of at least 4 members (excludes halogenated alkanes) is 2. The third-order valence-corrected chi connectivity index (χ3v) is 5.21. The van der Waals surface area contributed by atoms with Crippen molar-refractivity contribution in [3.63, 3.8) is 0 Å². The molecule has 0 bridgehead atoms. The summed E-state index contributed by atoms with van der Waals surface area (Å²) in [6.45, 7) is 7.21. The number of amides is 1. The number of aryl methyl sites for hydroxylation is 2. The fraction of sp³-hybridized carbons (Fsp3) is 0.727. The first-order chi connectivity index (χ1) is 13.8. The first-order valence-electron chi connectivity index (χ1n) is 10.8.